The fourth-order valence-electron chi connectivity index (χ4n) is 1.23. The van der Waals surface area contributed by atoms with Gasteiger partial charge in [0.15, 0.2) is 0 Å². The lowest BCUT2D eigenvalue weighted by atomic mass is 10.1. The van der Waals surface area contributed by atoms with Crippen LogP contribution in [0, 0.1) is 0 Å². The summed E-state index contributed by atoms with van der Waals surface area (Å²) in [5.41, 5.74) is 2.27. The lowest BCUT2D eigenvalue weighted by Crippen LogP contribution is -1.98. The van der Waals surface area contributed by atoms with Gasteiger partial charge in [0.2, 0.25) is 5.78 Å². The zero-order chi connectivity index (χ0) is 10.7. The summed E-state index contributed by atoms with van der Waals surface area (Å²) in [6.07, 6.45) is 1.58. The summed E-state index contributed by atoms with van der Waals surface area (Å²) in [6, 6.07) is 7.10. The Morgan fingerprint density at radius 1 is 1.47 bits per heavy atom. The van der Waals surface area contributed by atoms with E-state index in [1.54, 1.807) is 37.0 Å². The van der Waals surface area contributed by atoms with Crippen molar-refractivity contribution in [2.75, 3.05) is 7.11 Å². The molecule has 76 valence electrons. The quantitative estimate of drug-likeness (QED) is 0.744. The second-order valence-electron chi connectivity index (χ2n) is 2.93. The SMILES string of the molecule is COc1cccc(C(=O)c2cncs2)c1. The van der Waals surface area contributed by atoms with Crippen molar-refractivity contribution in [1.29, 1.82) is 0 Å². The molecular formula is C11H9NO2S. The van der Waals surface area contributed by atoms with Crippen molar-refractivity contribution in [3.8, 4) is 5.75 Å². The molecule has 4 heteroatoms. The minimum absolute atomic E-state index is 0.0172. The van der Waals surface area contributed by atoms with Gasteiger partial charge in [0, 0.05) is 11.8 Å². The van der Waals surface area contributed by atoms with Crippen LogP contribution in [0.5, 0.6) is 5.75 Å². The molecular weight excluding hydrogens is 210 g/mol. The molecule has 0 bridgehead atoms. The van der Waals surface area contributed by atoms with Crippen molar-refractivity contribution in [1.82, 2.24) is 4.98 Å². The number of carbonyl (C=O) groups is 1. The molecule has 1 aromatic carbocycles. The Labute approximate surface area is 91.4 Å². The van der Waals surface area contributed by atoms with E-state index in [4.69, 9.17) is 4.74 Å². The molecule has 1 heterocycles. The van der Waals surface area contributed by atoms with Crippen molar-refractivity contribution in [3.05, 3.63) is 46.4 Å². The van der Waals surface area contributed by atoms with Gasteiger partial charge in [0.05, 0.1) is 17.5 Å². The van der Waals surface area contributed by atoms with Crippen LogP contribution < -0.4 is 4.74 Å². The zero-order valence-corrected chi connectivity index (χ0v) is 8.95. The summed E-state index contributed by atoms with van der Waals surface area (Å²) in [5, 5.41) is 0. The molecule has 0 N–H and O–H groups in total. The summed E-state index contributed by atoms with van der Waals surface area (Å²) >= 11 is 1.34. The van der Waals surface area contributed by atoms with Crippen molar-refractivity contribution in [2.24, 2.45) is 0 Å². The second-order valence-corrected chi connectivity index (χ2v) is 3.81. The van der Waals surface area contributed by atoms with Crippen LogP contribution in [0.4, 0.5) is 0 Å². The molecule has 0 amide bonds. The molecule has 2 rings (SSSR count). The van der Waals surface area contributed by atoms with Gasteiger partial charge < -0.3 is 4.74 Å². The molecule has 3 nitrogen and oxygen atoms in total. The molecule has 0 spiro atoms. The summed E-state index contributed by atoms with van der Waals surface area (Å²) in [7, 11) is 1.58. The first-order valence-electron chi connectivity index (χ1n) is 4.38. The number of ether oxygens (including phenoxy) is 1. The minimum Gasteiger partial charge on any atom is -0.497 e. The zero-order valence-electron chi connectivity index (χ0n) is 8.14. The highest BCUT2D eigenvalue weighted by Crippen LogP contribution is 2.17. The predicted octanol–water partition coefficient (Wildman–Crippen LogP) is 2.38. The molecule has 0 saturated carbocycles. The van der Waals surface area contributed by atoms with Crippen LogP contribution in [0.2, 0.25) is 0 Å². The molecule has 0 atom stereocenters. The largest absolute Gasteiger partial charge is 0.497 e. The Balaban J connectivity index is 2.34. The van der Waals surface area contributed by atoms with Gasteiger partial charge in [-0.3, -0.25) is 9.78 Å². The minimum atomic E-state index is -0.0172. The Hall–Kier alpha value is -1.68. The highest BCUT2D eigenvalue weighted by Gasteiger charge is 2.10. The highest BCUT2D eigenvalue weighted by molar-refractivity contribution is 7.11. The Morgan fingerprint density at radius 3 is 3.00 bits per heavy atom. The number of methoxy groups -OCH3 is 1. The summed E-state index contributed by atoms with van der Waals surface area (Å²) < 4.78 is 5.06. The predicted molar refractivity (Wildman–Crippen MR) is 58.5 cm³/mol. The number of nitrogens with zero attached hydrogens (tertiary/aromatic N) is 1. The fourth-order valence-corrected chi connectivity index (χ4v) is 1.82. The Morgan fingerprint density at radius 2 is 2.33 bits per heavy atom. The van der Waals surface area contributed by atoms with Crippen molar-refractivity contribution >= 4 is 17.1 Å². The van der Waals surface area contributed by atoms with Crippen LogP contribution >= 0.6 is 11.3 Å². The van der Waals surface area contributed by atoms with Crippen LogP contribution in [0.1, 0.15) is 15.2 Å². The average Bonchev–Trinajstić information content (AvgIpc) is 2.81. The molecule has 0 aliphatic carbocycles. The third-order valence-electron chi connectivity index (χ3n) is 1.99. The van der Waals surface area contributed by atoms with E-state index in [1.165, 1.54) is 11.3 Å². The maximum Gasteiger partial charge on any atom is 0.204 e. The molecule has 0 radical (unpaired) electrons. The van der Waals surface area contributed by atoms with E-state index in [-0.39, 0.29) is 5.78 Å². The molecule has 15 heavy (non-hydrogen) atoms. The smallest absolute Gasteiger partial charge is 0.204 e. The van der Waals surface area contributed by atoms with Crippen LogP contribution in [-0.2, 0) is 0 Å². The molecule has 0 fully saturated rings. The van der Waals surface area contributed by atoms with Gasteiger partial charge in [-0.15, -0.1) is 11.3 Å². The number of ketones is 1. The van der Waals surface area contributed by atoms with Crippen LogP contribution in [0.15, 0.2) is 36.0 Å². The molecule has 0 unspecified atom stereocenters. The number of benzene rings is 1. The Kier molecular flexibility index (Phi) is 2.78. The molecule has 0 saturated heterocycles. The number of hydrogen-bond acceptors (Lipinski definition) is 4. The number of rotatable bonds is 3. The topological polar surface area (TPSA) is 39.2 Å². The first-order chi connectivity index (χ1) is 7.31. The van der Waals surface area contributed by atoms with E-state index in [0.29, 0.717) is 16.2 Å². The molecule has 2 aromatic rings. The highest BCUT2D eigenvalue weighted by atomic mass is 32.1. The summed E-state index contributed by atoms with van der Waals surface area (Å²) in [4.78, 5) is 16.4. The standard InChI is InChI=1S/C11H9NO2S/c1-14-9-4-2-3-8(5-9)11(13)10-6-12-7-15-10/h2-7H,1H3. The van der Waals surface area contributed by atoms with Crippen molar-refractivity contribution in [3.63, 3.8) is 0 Å². The van der Waals surface area contributed by atoms with Crippen LogP contribution in [0.3, 0.4) is 0 Å². The van der Waals surface area contributed by atoms with Gasteiger partial charge in [-0.25, -0.2) is 0 Å². The first-order valence-corrected chi connectivity index (χ1v) is 5.26. The normalized spacial score (nSPS) is 9.93. The van der Waals surface area contributed by atoms with Gasteiger partial charge in [-0.05, 0) is 12.1 Å². The number of aromatic nitrogens is 1. The van der Waals surface area contributed by atoms with E-state index in [9.17, 15) is 4.79 Å². The van der Waals surface area contributed by atoms with E-state index < -0.39 is 0 Å². The summed E-state index contributed by atoms with van der Waals surface area (Å²) in [5.74, 6) is 0.668. The van der Waals surface area contributed by atoms with Crippen molar-refractivity contribution < 1.29 is 9.53 Å². The maximum absolute atomic E-state index is 11.9. The van der Waals surface area contributed by atoms with E-state index in [1.807, 2.05) is 6.07 Å². The monoisotopic (exact) mass is 219 g/mol. The molecule has 0 aliphatic heterocycles. The van der Waals surface area contributed by atoms with Gasteiger partial charge in [-0.2, -0.15) is 0 Å². The third kappa shape index (κ3) is 2.05. The number of thiazole rings is 1. The fraction of sp³-hybridized carbons (Fsp3) is 0.0909. The van der Waals surface area contributed by atoms with Crippen LogP contribution in [-0.4, -0.2) is 17.9 Å². The number of hydrogen-bond donors (Lipinski definition) is 0. The van der Waals surface area contributed by atoms with Gasteiger partial charge in [0.1, 0.15) is 5.75 Å². The third-order valence-corrected chi connectivity index (χ3v) is 2.76. The van der Waals surface area contributed by atoms with E-state index in [2.05, 4.69) is 4.98 Å². The first kappa shape index (κ1) is 9.86. The second kappa shape index (κ2) is 4.23. The van der Waals surface area contributed by atoms with Gasteiger partial charge >= 0.3 is 0 Å². The summed E-state index contributed by atoms with van der Waals surface area (Å²) in [6.45, 7) is 0. The van der Waals surface area contributed by atoms with E-state index in [0.717, 1.165) is 0 Å². The molecule has 0 aliphatic rings. The van der Waals surface area contributed by atoms with Gasteiger partial charge in [-0.1, -0.05) is 12.1 Å². The van der Waals surface area contributed by atoms with E-state index >= 15 is 0 Å². The van der Waals surface area contributed by atoms with Gasteiger partial charge in [0.25, 0.3) is 0 Å². The lowest BCUT2D eigenvalue weighted by Gasteiger charge is -2.01. The number of carbonyl (C=O) groups excluding carboxylic acids is 1. The Bertz CT molecular complexity index is 465. The lowest BCUT2D eigenvalue weighted by molar-refractivity contribution is 0.104. The molecule has 1 aromatic heterocycles. The maximum atomic E-state index is 11.9. The average molecular weight is 219 g/mol. The van der Waals surface area contributed by atoms with Crippen molar-refractivity contribution in [2.45, 2.75) is 0 Å². The van der Waals surface area contributed by atoms with Crippen LogP contribution in [0.25, 0.3) is 0 Å².